The van der Waals surface area contributed by atoms with Crippen LogP contribution in [0.25, 0.3) is 0 Å². The van der Waals surface area contributed by atoms with Crippen molar-refractivity contribution in [3.05, 3.63) is 5.82 Å². The maximum atomic E-state index is 11.8. The van der Waals surface area contributed by atoms with E-state index in [0.717, 1.165) is 11.5 Å². The van der Waals surface area contributed by atoms with Crippen LogP contribution in [0.15, 0.2) is 0 Å². The molecule has 0 amide bonds. The minimum atomic E-state index is -4.14. The van der Waals surface area contributed by atoms with Crippen LogP contribution in [0.3, 0.4) is 0 Å². The van der Waals surface area contributed by atoms with Crippen molar-refractivity contribution in [1.82, 2.24) is 9.36 Å². The molecule has 0 aromatic carbocycles. The number of alkyl halides is 3. The Labute approximate surface area is 83.5 Å². The smallest absolute Gasteiger partial charge is 0.361 e. The van der Waals surface area contributed by atoms with E-state index < -0.39 is 12.6 Å². The first-order chi connectivity index (χ1) is 6.51. The Morgan fingerprint density at radius 1 is 1.43 bits per heavy atom. The minimum Gasteiger partial charge on any atom is -0.361 e. The lowest BCUT2D eigenvalue weighted by Gasteiger charge is -2.02. The summed E-state index contributed by atoms with van der Waals surface area (Å²) in [6.07, 6.45) is -5.15. The van der Waals surface area contributed by atoms with Crippen LogP contribution in [0, 0.1) is 0 Å². The Bertz CT molecular complexity index is 284. The van der Waals surface area contributed by atoms with Crippen molar-refractivity contribution in [2.45, 2.75) is 25.9 Å². The largest absolute Gasteiger partial charge is 0.389 e. The van der Waals surface area contributed by atoms with E-state index in [1.807, 2.05) is 6.92 Å². The van der Waals surface area contributed by atoms with Crippen LogP contribution < -0.4 is 5.32 Å². The van der Waals surface area contributed by atoms with Gasteiger partial charge in [0.1, 0.15) is 5.82 Å². The van der Waals surface area contributed by atoms with Crippen LogP contribution in [-0.4, -0.2) is 22.1 Å². The third kappa shape index (κ3) is 3.91. The Balaban J connectivity index is 2.44. The molecule has 0 saturated heterocycles. The number of hydrogen-bond acceptors (Lipinski definition) is 4. The molecule has 7 heteroatoms. The zero-order valence-corrected chi connectivity index (χ0v) is 8.37. The summed E-state index contributed by atoms with van der Waals surface area (Å²) >= 11 is 1.09. The van der Waals surface area contributed by atoms with Gasteiger partial charge in [-0.15, -0.1) is 0 Å². The molecule has 0 saturated carbocycles. The second kappa shape index (κ2) is 4.59. The fraction of sp³-hybridized carbons (Fsp3) is 0.714. The number of nitrogens with one attached hydrogen (secondary N) is 1. The molecule has 0 aliphatic carbocycles. The van der Waals surface area contributed by atoms with Gasteiger partial charge in [0.15, 0.2) is 0 Å². The van der Waals surface area contributed by atoms with Gasteiger partial charge in [-0.1, -0.05) is 0 Å². The normalized spacial score (nSPS) is 11.7. The van der Waals surface area contributed by atoms with Crippen molar-refractivity contribution in [1.29, 1.82) is 0 Å². The van der Waals surface area contributed by atoms with Gasteiger partial charge in [-0.2, -0.15) is 17.5 Å². The molecule has 0 fully saturated rings. The number of anilines is 1. The van der Waals surface area contributed by atoms with Crippen LogP contribution in [0.5, 0.6) is 0 Å². The second-order valence-corrected chi connectivity index (χ2v) is 3.41. The van der Waals surface area contributed by atoms with Crippen LogP contribution in [0.2, 0.25) is 0 Å². The number of rotatable bonds is 4. The monoisotopic (exact) mass is 225 g/mol. The number of aromatic nitrogens is 2. The van der Waals surface area contributed by atoms with Crippen LogP contribution in [0.1, 0.15) is 19.2 Å². The van der Waals surface area contributed by atoms with Crippen molar-refractivity contribution < 1.29 is 13.2 Å². The molecule has 0 radical (unpaired) electrons. The molecule has 1 aromatic rings. The average molecular weight is 225 g/mol. The number of aryl methyl sites for hydroxylation is 1. The van der Waals surface area contributed by atoms with Gasteiger partial charge in [0.25, 0.3) is 0 Å². The number of hydrogen-bond donors (Lipinski definition) is 1. The molecule has 80 valence electrons. The summed E-state index contributed by atoms with van der Waals surface area (Å²) in [5.74, 6) is 0.253. The number of halogens is 3. The summed E-state index contributed by atoms with van der Waals surface area (Å²) in [7, 11) is 0. The first-order valence-electron chi connectivity index (χ1n) is 4.14. The Kier molecular flexibility index (Phi) is 3.68. The van der Waals surface area contributed by atoms with E-state index in [1.165, 1.54) is 0 Å². The highest BCUT2D eigenvalue weighted by Crippen LogP contribution is 2.22. The zero-order chi connectivity index (χ0) is 10.6. The molecule has 1 N–H and O–H groups in total. The van der Waals surface area contributed by atoms with Gasteiger partial charge in [-0.05, 0) is 6.92 Å². The Morgan fingerprint density at radius 3 is 2.71 bits per heavy atom. The van der Waals surface area contributed by atoms with Crippen molar-refractivity contribution >= 4 is 16.7 Å². The van der Waals surface area contributed by atoms with E-state index in [9.17, 15) is 13.2 Å². The fourth-order valence-corrected chi connectivity index (χ4v) is 1.51. The van der Waals surface area contributed by atoms with E-state index in [4.69, 9.17) is 0 Å². The van der Waals surface area contributed by atoms with Crippen molar-refractivity contribution in [2.24, 2.45) is 0 Å². The third-order valence-corrected chi connectivity index (χ3v) is 2.14. The summed E-state index contributed by atoms with van der Waals surface area (Å²) in [4.78, 5) is 3.90. The molecule has 3 nitrogen and oxygen atoms in total. The molecular formula is C7H10F3N3S. The topological polar surface area (TPSA) is 37.8 Å². The van der Waals surface area contributed by atoms with Crippen LogP contribution >= 0.6 is 11.5 Å². The van der Waals surface area contributed by atoms with Crippen molar-refractivity contribution in [3.8, 4) is 0 Å². The van der Waals surface area contributed by atoms with E-state index >= 15 is 0 Å². The molecule has 0 aliphatic heterocycles. The predicted molar refractivity (Wildman–Crippen MR) is 48.4 cm³/mol. The molecule has 0 aliphatic rings. The first kappa shape index (κ1) is 11.2. The Hall–Kier alpha value is -0.850. The first-order valence-corrected chi connectivity index (χ1v) is 4.92. The van der Waals surface area contributed by atoms with Gasteiger partial charge in [0.05, 0.1) is 6.42 Å². The van der Waals surface area contributed by atoms with E-state index in [2.05, 4.69) is 14.7 Å². The van der Waals surface area contributed by atoms with Crippen LogP contribution in [-0.2, 0) is 6.42 Å². The summed E-state index contributed by atoms with van der Waals surface area (Å²) in [6.45, 7) is 2.57. The third-order valence-electron chi connectivity index (χ3n) is 1.43. The minimum absolute atomic E-state index is 0.147. The molecule has 1 aromatic heterocycles. The highest BCUT2D eigenvalue weighted by molar-refractivity contribution is 7.09. The fourth-order valence-electron chi connectivity index (χ4n) is 0.832. The van der Waals surface area contributed by atoms with E-state index in [0.29, 0.717) is 11.7 Å². The molecule has 0 bridgehead atoms. The van der Waals surface area contributed by atoms with Gasteiger partial charge >= 0.3 is 6.18 Å². The van der Waals surface area contributed by atoms with Gasteiger partial charge < -0.3 is 5.32 Å². The van der Waals surface area contributed by atoms with Gasteiger partial charge in [0.2, 0.25) is 5.13 Å². The quantitative estimate of drug-likeness (QED) is 0.855. The SMILES string of the molecule is CCNc1nc(CCC(F)(F)F)ns1. The lowest BCUT2D eigenvalue weighted by Crippen LogP contribution is -2.09. The van der Waals surface area contributed by atoms with E-state index in [-0.39, 0.29) is 12.2 Å². The Morgan fingerprint density at radius 2 is 2.14 bits per heavy atom. The van der Waals surface area contributed by atoms with E-state index in [1.54, 1.807) is 0 Å². The lowest BCUT2D eigenvalue weighted by atomic mass is 10.3. The van der Waals surface area contributed by atoms with Gasteiger partial charge in [-0.3, -0.25) is 0 Å². The summed E-state index contributed by atoms with van der Waals surface area (Å²) in [5, 5.41) is 3.46. The zero-order valence-electron chi connectivity index (χ0n) is 7.56. The molecule has 1 heterocycles. The maximum Gasteiger partial charge on any atom is 0.389 e. The highest BCUT2D eigenvalue weighted by atomic mass is 32.1. The second-order valence-electron chi connectivity index (χ2n) is 2.66. The molecule has 14 heavy (non-hydrogen) atoms. The number of nitrogens with zero attached hydrogens (tertiary/aromatic N) is 2. The standard InChI is InChI=1S/C7H10F3N3S/c1-2-11-6-12-5(13-14-6)3-4-7(8,9)10/h2-4H2,1H3,(H,11,12,13). The predicted octanol–water partition coefficient (Wildman–Crippen LogP) is 2.46. The van der Waals surface area contributed by atoms with Gasteiger partial charge in [-0.25, -0.2) is 4.98 Å². The summed E-state index contributed by atoms with van der Waals surface area (Å²) in [5.41, 5.74) is 0. The molecule has 0 atom stereocenters. The molecule has 1 rings (SSSR count). The molecular weight excluding hydrogens is 215 g/mol. The maximum absolute atomic E-state index is 11.8. The summed E-state index contributed by atoms with van der Waals surface area (Å²) < 4.78 is 39.3. The van der Waals surface area contributed by atoms with Crippen molar-refractivity contribution in [3.63, 3.8) is 0 Å². The molecule has 0 unspecified atom stereocenters. The van der Waals surface area contributed by atoms with Crippen LogP contribution in [0.4, 0.5) is 18.3 Å². The summed E-state index contributed by atoms with van der Waals surface area (Å²) in [6, 6.07) is 0. The van der Waals surface area contributed by atoms with Crippen molar-refractivity contribution in [2.75, 3.05) is 11.9 Å². The average Bonchev–Trinajstić information content (AvgIpc) is 2.49. The molecule has 0 spiro atoms. The lowest BCUT2D eigenvalue weighted by molar-refractivity contribution is -0.134. The highest BCUT2D eigenvalue weighted by Gasteiger charge is 2.27. The van der Waals surface area contributed by atoms with Gasteiger partial charge in [0, 0.05) is 24.5 Å².